The molecule has 0 aliphatic rings. The van der Waals surface area contributed by atoms with E-state index in [-0.39, 0.29) is 11.1 Å². The molecule has 10 heteroatoms. The monoisotopic (exact) mass is 369 g/mol. The summed E-state index contributed by atoms with van der Waals surface area (Å²) >= 11 is 0. The molecule has 1 unspecified atom stereocenters. The fourth-order valence-corrected chi connectivity index (χ4v) is 2.47. The molecule has 0 saturated carbocycles. The van der Waals surface area contributed by atoms with E-state index in [1.807, 2.05) is 0 Å². The number of alkyl halides is 3. The van der Waals surface area contributed by atoms with Crippen molar-refractivity contribution in [3.63, 3.8) is 0 Å². The summed E-state index contributed by atoms with van der Waals surface area (Å²) in [6, 6.07) is 7.55. The average molecular weight is 369 g/mol. The first-order chi connectivity index (χ1) is 12.2. The van der Waals surface area contributed by atoms with E-state index in [2.05, 4.69) is 14.8 Å². The Labute approximate surface area is 144 Å². The Hall–Kier alpha value is -3.26. The third kappa shape index (κ3) is 4.64. The summed E-state index contributed by atoms with van der Waals surface area (Å²) in [6.45, 7) is 0. The predicted molar refractivity (Wildman–Crippen MR) is 81.9 cm³/mol. The van der Waals surface area contributed by atoms with Gasteiger partial charge >= 0.3 is 12.3 Å². The Balaban J connectivity index is 2.66. The van der Waals surface area contributed by atoms with E-state index in [0.717, 1.165) is 18.2 Å². The number of azide groups is 1. The number of para-hydroxylation sites is 1. The van der Waals surface area contributed by atoms with Gasteiger partial charge in [-0.25, -0.2) is 4.39 Å². The van der Waals surface area contributed by atoms with Gasteiger partial charge in [-0.15, -0.1) is 13.2 Å². The van der Waals surface area contributed by atoms with Crippen LogP contribution in [-0.2, 0) is 4.79 Å². The number of halogens is 4. The Morgan fingerprint density at radius 2 is 1.77 bits per heavy atom. The second-order valence-electron chi connectivity index (χ2n) is 5.10. The Kier molecular flexibility index (Phi) is 5.68. The second-order valence-corrected chi connectivity index (χ2v) is 5.10. The van der Waals surface area contributed by atoms with E-state index in [1.54, 1.807) is 0 Å². The molecule has 136 valence electrons. The summed E-state index contributed by atoms with van der Waals surface area (Å²) in [7, 11) is 0. The van der Waals surface area contributed by atoms with Crippen LogP contribution in [0.5, 0.6) is 5.75 Å². The fourth-order valence-electron chi connectivity index (χ4n) is 2.47. The number of carboxylic acids is 1. The molecule has 2 atom stereocenters. The molecule has 0 amide bonds. The number of ether oxygens (including phenoxy) is 1. The highest BCUT2D eigenvalue weighted by Crippen LogP contribution is 2.38. The van der Waals surface area contributed by atoms with Crippen LogP contribution in [0.15, 0.2) is 53.6 Å². The molecule has 1 N–H and O–H groups in total. The molecule has 2 aromatic carbocycles. The highest BCUT2D eigenvalue weighted by molar-refractivity contribution is 5.76. The Bertz CT molecular complexity index is 831. The molecule has 26 heavy (non-hydrogen) atoms. The maximum atomic E-state index is 13.2. The van der Waals surface area contributed by atoms with Gasteiger partial charge in [-0.3, -0.25) is 4.79 Å². The summed E-state index contributed by atoms with van der Waals surface area (Å²) in [4.78, 5) is 14.0. The summed E-state index contributed by atoms with van der Waals surface area (Å²) in [5.74, 6) is -4.15. The van der Waals surface area contributed by atoms with E-state index in [9.17, 15) is 27.5 Å². The Morgan fingerprint density at radius 1 is 1.15 bits per heavy atom. The van der Waals surface area contributed by atoms with E-state index < -0.39 is 35.9 Å². The average Bonchev–Trinajstić information content (AvgIpc) is 2.56. The van der Waals surface area contributed by atoms with Crippen LogP contribution in [0.2, 0.25) is 0 Å². The van der Waals surface area contributed by atoms with Gasteiger partial charge in [0.1, 0.15) is 17.6 Å². The highest BCUT2D eigenvalue weighted by Gasteiger charge is 2.36. The topological polar surface area (TPSA) is 95.3 Å². The second kappa shape index (κ2) is 7.75. The smallest absolute Gasteiger partial charge is 0.481 e. The van der Waals surface area contributed by atoms with Gasteiger partial charge in [0.25, 0.3) is 0 Å². The van der Waals surface area contributed by atoms with Crippen LogP contribution in [-0.4, -0.2) is 23.5 Å². The molecule has 2 aromatic rings. The summed E-state index contributed by atoms with van der Waals surface area (Å²) < 4.78 is 55.2. The van der Waals surface area contributed by atoms with Gasteiger partial charge in [-0.1, -0.05) is 35.4 Å². The first-order valence-electron chi connectivity index (χ1n) is 7.10. The van der Waals surface area contributed by atoms with Gasteiger partial charge in [0.2, 0.25) is 0 Å². The summed E-state index contributed by atoms with van der Waals surface area (Å²) in [5, 5.41) is 12.6. The zero-order valence-electron chi connectivity index (χ0n) is 12.9. The van der Waals surface area contributed by atoms with E-state index in [4.69, 9.17) is 5.53 Å². The fraction of sp³-hybridized carbons (Fsp3) is 0.188. The van der Waals surface area contributed by atoms with Crippen LogP contribution in [0.3, 0.4) is 0 Å². The number of rotatable bonds is 6. The third-order valence-corrected chi connectivity index (χ3v) is 3.45. The van der Waals surface area contributed by atoms with E-state index in [1.165, 1.54) is 30.3 Å². The quantitative estimate of drug-likeness (QED) is 0.348. The maximum Gasteiger partial charge on any atom is 0.573 e. The normalized spacial score (nSPS) is 13.4. The number of nitrogens with zero attached hydrogens (tertiary/aromatic N) is 3. The summed E-state index contributed by atoms with van der Waals surface area (Å²) in [6.07, 6.45) is -5.01. The minimum atomic E-state index is -5.01. The lowest BCUT2D eigenvalue weighted by atomic mass is 9.84. The molecular weight excluding hydrogens is 358 g/mol. The third-order valence-electron chi connectivity index (χ3n) is 3.45. The molecule has 0 aliphatic carbocycles. The van der Waals surface area contributed by atoms with Crippen LogP contribution in [0.25, 0.3) is 10.4 Å². The number of benzene rings is 2. The number of carbonyl (C=O) groups is 1. The van der Waals surface area contributed by atoms with Gasteiger partial charge in [-0.2, -0.15) is 0 Å². The predicted octanol–water partition coefficient (Wildman–Crippen LogP) is 4.62. The van der Waals surface area contributed by atoms with Crippen molar-refractivity contribution in [1.29, 1.82) is 0 Å². The standard InChI is InChI=1S/C16H11F4N3O3/c17-10-7-5-9(6-8-10)13(14(15(24)25)22-23-21)11-3-1-2-4-12(11)26-16(18,19)20/h1-8,13-14H,(H,24,25)/t13-,14?/m0/s1. The lowest BCUT2D eigenvalue weighted by Gasteiger charge is -2.24. The number of aliphatic carboxylic acids is 1. The zero-order valence-corrected chi connectivity index (χ0v) is 12.9. The van der Waals surface area contributed by atoms with Crippen LogP contribution in [0.1, 0.15) is 17.0 Å². The van der Waals surface area contributed by atoms with Gasteiger partial charge < -0.3 is 9.84 Å². The molecule has 0 saturated heterocycles. The largest absolute Gasteiger partial charge is 0.573 e. The van der Waals surface area contributed by atoms with Crippen LogP contribution < -0.4 is 4.74 Å². The zero-order chi connectivity index (χ0) is 19.3. The first kappa shape index (κ1) is 19.1. The van der Waals surface area contributed by atoms with Crippen molar-refractivity contribution in [2.75, 3.05) is 0 Å². The number of hydrogen-bond acceptors (Lipinski definition) is 3. The molecule has 0 aromatic heterocycles. The lowest BCUT2D eigenvalue weighted by Crippen LogP contribution is -2.28. The van der Waals surface area contributed by atoms with Gasteiger partial charge in [0.15, 0.2) is 0 Å². The van der Waals surface area contributed by atoms with Crippen LogP contribution in [0.4, 0.5) is 17.6 Å². The SMILES string of the molecule is [N-]=[N+]=NC(C(=O)O)[C@@H](c1ccc(F)cc1)c1ccccc1OC(F)(F)F. The van der Waals surface area contributed by atoms with Gasteiger partial charge in [0.05, 0.1) is 0 Å². The van der Waals surface area contributed by atoms with Crippen LogP contribution in [0, 0.1) is 5.82 Å². The minimum absolute atomic E-state index is 0.143. The van der Waals surface area contributed by atoms with E-state index >= 15 is 0 Å². The van der Waals surface area contributed by atoms with Crippen molar-refractivity contribution >= 4 is 5.97 Å². The van der Waals surface area contributed by atoms with Crippen molar-refractivity contribution in [2.24, 2.45) is 5.11 Å². The highest BCUT2D eigenvalue weighted by atomic mass is 19.4. The molecule has 0 heterocycles. The van der Waals surface area contributed by atoms with Crippen molar-refractivity contribution in [2.45, 2.75) is 18.3 Å². The van der Waals surface area contributed by atoms with Gasteiger partial charge in [-0.05, 0) is 29.3 Å². The minimum Gasteiger partial charge on any atom is -0.481 e. The molecule has 0 bridgehead atoms. The van der Waals surface area contributed by atoms with Crippen molar-refractivity contribution in [1.82, 2.24) is 0 Å². The first-order valence-corrected chi connectivity index (χ1v) is 7.10. The molecular formula is C16H11F4N3O3. The molecule has 0 radical (unpaired) electrons. The van der Waals surface area contributed by atoms with Crippen molar-refractivity contribution < 1.29 is 32.2 Å². The van der Waals surface area contributed by atoms with E-state index in [0.29, 0.717) is 0 Å². The van der Waals surface area contributed by atoms with Crippen molar-refractivity contribution in [3.8, 4) is 5.75 Å². The van der Waals surface area contributed by atoms with Crippen molar-refractivity contribution in [3.05, 3.63) is 75.9 Å². The molecule has 0 fully saturated rings. The number of carboxylic acid groups (broad SMARTS) is 1. The van der Waals surface area contributed by atoms with Gasteiger partial charge in [0, 0.05) is 16.4 Å². The Morgan fingerprint density at radius 3 is 2.31 bits per heavy atom. The lowest BCUT2D eigenvalue weighted by molar-refractivity contribution is -0.274. The molecule has 6 nitrogen and oxygen atoms in total. The molecule has 0 spiro atoms. The van der Waals surface area contributed by atoms with Crippen LogP contribution >= 0.6 is 0 Å². The number of hydrogen-bond donors (Lipinski definition) is 1. The molecule has 0 aliphatic heterocycles. The molecule has 2 rings (SSSR count). The maximum absolute atomic E-state index is 13.2. The summed E-state index contributed by atoms with van der Waals surface area (Å²) in [5.41, 5.74) is 8.62.